The Morgan fingerprint density at radius 2 is 1.97 bits per heavy atom. The Labute approximate surface area is 189 Å². The first-order chi connectivity index (χ1) is 15.2. The van der Waals surface area contributed by atoms with Crippen molar-refractivity contribution in [2.24, 2.45) is 5.92 Å². The van der Waals surface area contributed by atoms with Crippen LogP contribution in [0.3, 0.4) is 0 Å². The highest BCUT2D eigenvalue weighted by atomic mass is 32.1. The fraction of sp³-hybridized carbons (Fsp3) is 0.583. The molecule has 0 spiro atoms. The van der Waals surface area contributed by atoms with Crippen LogP contribution in [0.4, 0.5) is 0 Å². The molecule has 4 rings (SSSR count). The van der Waals surface area contributed by atoms with Gasteiger partial charge >= 0.3 is 0 Å². The van der Waals surface area contributed by atoms with Crippen LogP contribution in [0.2, 0.25) is 0 Å². The fourth-order valence-electron chi connectivity index (χ4n) is 4.65. The summed E-state index contributed by atoms with van der Waals surface area (Å²) < 4.78 is 11.3. The summed E-state index contributed by atoms with van der Waals surface area (Å²) in [7, 11) is 1.59. The first kappa shape index (κ1) is 22.1. The summed E-state index contributed by atoms with van der Waals surface area (Å²) in [5.41, 5.74) is 3.26. The summed E-state index contributed by atoms with van der Waals surface area (Å²) in [6.07, 6.45) is 9.03. The minimum atomic E-state index is -0.0462. The van der Waals surface area contributed by atoms with Gasteiger partial charge in [0.05, 0.1) is 18.3 Å². The van der Waals surface area contributed by atoms with Gasteiger partial charge in [-0.25, -0.2) is 4.98 Å². The number of rotatable bonds is 8. The molecule has 0 atom stereocenters. The number of thiazole rings is 1. The molecule has 168 valence electrons. The van der Waals surface area contributed by atoms with E-state index in [1.165, 1.54) is 50.0 Å². The van der Waals surface area contributed by atoms with Crippen LogP contribution in [-0.4, -0.2) is 48.6 Å². The molecule has 1 amide bonds. The van der Waals surface area contributed by atoms with E-state index in [0.717, 1.165) is 37.5 Å². The number of aromatic nitrogens is 1. The average molecular weight is 444 g/mol. The highest BCUT2D eigenvalue weighted by Gasteiger charge is 2.24. The second-order valence-corrected chi connectivity index (χ2v) is 9.41. The van der Waals surface area contributed by atoms with Crippen LogP contribution in [0.1, 0.15) is 61.0 Å². The lowest BCUT2D eigenvalue weighted by Gasteiger charge is -2.35. The number of piperidine rings is 1. The lowest BCUT2D eigenvalue weighted by atomic mass is 9.88. The molecule has 7 heteroatoms. The van der Waals surface area contributed by atoms with Crippen LogP contribution in [0.15, 0.2) is 29.1 Å². The molecule has 31 heavy (non-hydrogen) atoms. The van der Waals surface area contributed by atoms with Crippen LogP contribution >= 0.6 is 11.3 Å². The highest BCUT2D eigenvalue weighted by molar-refractivity contribution is 7.07. The van der Waals surface area contributed by atoms with Gasteiger partial charge < -0.3 is 19.7 Å². The van der Waals surface area contributed by atoms with E-state index in [9.17, 15) is 4.79 Å². The number of hydrogen-bond donors (Lipinski definition) is 1. The number of nitrogens with zero attached hydrogens (tertiary/aromatic N) is 2. The first-order valence-corrected chi connectivity index (χ1v) is 12.4. The summed E-state index contributed by atoms with van der Waals surface area (Å²) in [5.74, 6) is 2.01. The van der Waals surface area contributed by atoms with Crippen LogP contribution < -0.4 is 14.8 Å². The summed E-state index contributed by atoms with van der Waals surface area (Å²) in [5, 5.41) is 5.17. The average Bonchev–Trinajstić information content (AvgIpc) is 3.33. The zero-order chi connectivity index (χ0) is 21.5. The van der Waals surface area contributed by atoms with Gasteiger partial charge in [-0.2, -0.15) is 0 Å². The molecule has 2 heterocycles. The number of hydrogen-bond acceptors (Lipinski definition) is 6. The Bertz CT molecular complexity index is 829. The maximum atomic E-state index is 12.8. The number of benzene rings is 1. The molecule has 1 aromatic heterocycles. The Morgan fingerprint density at radius 1 is 1.16 bits per heavy atom. The van der Waals surface area contributed by atoms with Crippen molar-refractivity contribution in [3.63, 3.8) is 0 Å². The van der Waals surface area contributed by atoms with Crippen molar-refractivity contribution < 1.29 is 14.3 Å². The van der Waals surface area contributed by atoms with E-state index >= 15 is 0 Å². The number of ether oxygens (including phenoxy) is 2. The Hall–Kier alpha value is -2.12. The van der Waals surface area contributed by atoms with Gasteiger partial charge in [-0.05, 0) is 49.8 Å². The molecule has 6 nitrogen and oxygen atoms in total. The Balaban J connectivity index is 1.26. The third-order valence-electron chi connectivity index (χ3n) is 6.45. The van der Waals surface area contributed by atoms with Gasteiger partial charge in [0, 0.05) is 36.6 Å². The molecule has 2 aliphatic rings. The van der Waals surface area contributed by atoms with Crippen molar-refractivity contribution in [1.29, 1.82) is 0 Å². The van der Waals surface area contributed by atoms with E-state index in [1.54, 1.807) is 30.8 Å². The maximum absolute atomic E-state index is 12.8. The normalized spacial score (nSPS) is 18.6. The molecule has 2 aromatic rings. The van der Waals surface area contributed by atoms with Crippen LogP contribution in [0, 0.1) is 5.92 Å². The molecule has 1 aliphatic heterocycles. The van der Waals surface area contributed by atoms with Gasteiger partial charge in [-0.3, -0.25) is 4.79 Å². The topological polar surface area (TPSA) is 63.7 Å². The zero-order valence-electron chi connectivity index (χ0n) is 18.3. The number of carbonyl (C=O) groups excluding carboxylic acids is 1. The van der Waals surface area contributed by atoms with Gasteiger partial charge in [0.15, 0.2) is 11.5 Å². The van der Waals surface area contributed by atoms with E-state index in [-0.39, 0.29) is 11.9 Å². The number of likely N-dealkylation sites (tertiary alicyclic amines) is 1. The molecule has 1 saturated carbocycles. The monoisotopic (exact) mass is 443 g/mol. The molecular formula is C24H33N3O3S. The van der Waals surface area contributed by atoms with E-state index < -0.39 is 0 Å². The SMILES string of the molecule is COc1cc(C(=O)NC2CCN(CC3CCCCC3)CC2)ccc1OCc1cscn1. The molecule has 2 fully saturated rings. The third-order valence-corrected chi connectivity index (χ3v) is 7.08. The van der Waals surface area contributed by atoms with Gasteiger partial charge in [0.25, 0.3) is 5.91 Å². The van der Waals surface area contributed by atoms with Crippen molar-refractivity contribution >= 4 is 17.2 Å². The molecular weight excluding hydrogens is 410 g/mol. The zero-order valence-corrected chi connectivity index (χ0v) is 19.2. The quantitative estimate of drug-likeness (QED) is 0.651. The maximum Gasteiger partial charge on any atom is 0.251 e. The van der Waals surface area contributed by atoms with Crippen molar-refractivity contribution in [2.45, 2.75) is 57.6 Å². The Morgan fingerprint density at radius 3 is 2.68 bits per heavy atom. The smallest absolute Gasteiger partial charge is 0.251 e. The largest absolute Gasteiger partial charge is 0.493 e. The van der Waals surface area contributed by atoms with Gasteiger partial charge in [0.2, 0.25) is 0 Å². The fourth-order valence-corrected chi connectivity index (χ4v) is 5.20. The van der Waals surface area contributed by atoms with Crippen LogP contribution in [0.25, 0.3) is 0 Å². The van der Waals surface area contributed by atoms with Crippen molar-refractivity contribution in [1.82, 2.24) is 15.2 Å². The molecule has 0 bridgehead atoms. The van der Waals surface area contributed by atoms with Gasteiger partial charge in [-0.1, -0.05) is 19.3 Å². The molecule has 1 aliphatic carbocycles. The van der Waals surface area contributed by atoms with Gasteiger partial charge in [-0.15, -0.1) is 11.3 Å². The predicted molar refractivity (Wildman–Crippen MR) is 123 cm³/mol. The van der Waals surface area contributed by atoms with Crippen molar-refractivity contribution in [3.05, 3.63) is 40.3 Å². The second-order valence-electron chi connectivity index (χ2n) is 8.69. The van der Waals surface area contributed by atoms with Crippen molar-refractivity contribution in [3.8, 4) is 11.5 Å². The van der Waals surface area contributed by atoms with Crippen LogP contribution in [0.5, 0.6) is 11.5 Å². The summed E-state index contributed by atoms with van der Waals surface area (Å²) >= 11 is 1.54. The lowest BCUT2D eigenvalue weighted by Crippen LogP contribution is -2.45. The van der Waals surface area contributed by atoms with E-state index in [1.807, 2.05) is 5.38 Å². The summed E-state index contributed by atoms with van der Waals surface area (Å²) in [6.45, 7) is 3.77. The molecule has 0 radical (unpaired) electrons. The minimum absolute atomic E-state index is 0.0462. The minimum Gasteiger partial charge on any atom is -0.493 e. The summed E-state index contributed by atoms with van der Waals surface area (Å²) in [6, 6.07) is 5.59. The van der Waals surface area contributed by atoms with Gasteiger partial charge in [0.1, 0.15) is 6.61 Å². The van der Waals surface area contributed by atoms with E-state index in [4.69, 9.17) is 9.47 Å². The Kier molecular flexibility index (Phi) is 7.81. The predicted octanol–water partition coefficient (Wildman–Crippen LogP) is 4.51. The third kappa shape index (κ3) is 6.20. The first-order valence-electron chi connectivity index (χ1n) is 11.4. The number of methoxy groups -OCH3 is 1. The molecule has 1 saturated heterocycles. The molecule has 1 aromatic carbocycles. The highest BCUT2D eigenvalue weighted by Crippen LogP contribution is 2.29. The summed E-state index contributed by atoms with van der Waals surface area (Å²) in [4.78, 5) is 19.6. The molecule has 0 unspecified atom stereocenters. The lowest BCUT2D eigenvalue weighted by molar-refractivity contribution is 0.0901. The molecule has 1 N–H and O–H groups in total. The van der Waals surface area contributed by atoms with Crippen molar-refractivity contribution in [2.75, 3.05) is 26.7 Å². The van der Waals surface area contributed by atoms with E-state index in [0.29, 0.717) is 23.7 Å². The number of carbonyl (C=O) groups is 1. The number of amides is 1. The second kappa shape index (κ2) is 11.0. The number of nitrogens with one attached hydrogen (secondary N) is 1. The van der Waals surface area contributed by atoms with E-state index in [2.05, 4.69) is 15.2 Å². The van der Waals surface area contributed by atoms with Crippen LogP contribution in [-0.2, 0) is 6.61 Å². The standard InChI is InChI=1S/C24H33N3O3S/c1-29-23-13-19(7-8-22(23)30-15-21-16-31-17-25-21)24(28)26-20-9-11-27(12-10-20)14-18-5-3-2-4-6-18/h7-8,13,16-18,20H,2-6,9-12,14-15H2,1H3,(H,26,28).